The summed E-state index contributed by atoms with van der Waals surface area (Å²) in [4.78, 5) is 22.1. The lowest BCUT2D eigenvalue weighted by Gasteiger charge is -2.07. The van der Waals surface area contributed by atoms with Gasteiger partial charge >= 0.3 is 5.97 Å². The molecule has 0 saturated carbocycles. The summed E-state index contributed by atoms with van der Waals surface area (Å²) in [5.41, 5.74) is 1.56. The normalized spacial score (nSPS) is 11.9. The molecule has 9 nitrogen and oxygen atoms in total. The topological polar surface area (TPSA) is 144 Å². The van der Waals surface area contributed by atoms with Crippen LogP contribution >= 0.6 is 0 Å². The fourth-order valence-electron chi connectivity index (χ4n) is 2.86. The van der Waals surface area contributed by atoms with Crippen molar-refractivity contribution in [3.05, 3.63) is 82.4 Å². The number of sulfone groups is 1. The maximum Gasteiger partial charge on any atom is 0.324 e. The maximum atomic E-state index is 12.6. The number of esters is 1. The van der Waals surface area contributed by atoms with Gasteiger partial charge in [0, 0.05) is 12.3 Å². The molecule has 0 spiro atoms. The highest BCUT2D eigenvalue weighted by molar-refractivity contribution is 7.90. The van der Waals surface area contributed by atoms with Crippen molar-refractivity contribution >= 4 is 32.3 Å². The van der Waals surface area contributed by atoms with E-state index in [-0.39, 0.29) is 15.5 Å². The highest BCUT2D eigenvalue weighted by atomic mass is 32.2. The van der Waals surface area contributed by atoms with E-state index >= 15 is 0 Å². The fourth-order valence-corrected chi connectivity index (χ4v) is 4.52. The molecule has 168 valence electrons. The first kappa shape index (κ1) is 23.8. The minimum atomic E-state index is -3.70. The Morgan fingerprint density at radius 1 is 1.06 bits per heavy atom. The molecule has 0 N–H and O–H groups in total. The summed E-state index contributed by atoms with van der Waals surface area (Å²) in [5.74, 6) is -1.34. The first-order valence-corrected chi connectivity index (χ1v) is 12.5. The average molecular weight is 485 g/mol. The summed E-state index contributed by atoms with van der Waals surface area (Å²) in [7, 11) is -5.83. The van der Waals surface area contributed by atoms with Crippen LogP contribution in [0.4, 0.5) is 5.69 Å². The third-order valence-electron chi connectivity index (χ3n) is 4.48. The predicted molar refractivity (Wildman–Crippen MR) is 120 cm³/mol. The van der Waals surface area contributed by atoms with Crippen LogP contribution in [0.5, 0.6) is 5.75 Å². The number of nitro groups is 1. The third-order valence-corrected chi connectivity index (χ3v) is 6.93. The average Bonchev–Trinajstić information content (AvgIpc) is 2.78. The number of rotatable bonds is 7. The van der Waals surface area contributed by atoms with Gasteiger partial charge in [0.2, 0.25) is 0 Å². The zero-order chi connectivity index (χ0) is 24.2. The molecule has 0 saturated heterocycles. The predicted octanol–water partition coefficient (Wildman–Crippen LogP) is 3.25. The van der Waals surface area contributed by atoms with Crippen LogP contribution in [0.1, 0.15) is 5.56 Å². The molecule has 0 unspecified atom stereocenters. The SMILES string of the molecule is CS(=O)(=O)c1ccc([S@](=O)CC(=O)Oc2ccc(-c3ccc(C#N)cc3)cc2)c([N+](=O)[O-])c1. The Bertz CT molecular complexity index is 1390. The lowest BCUT2D eigenvalue weighted by molar-refractivity contribution is -0.388. The lowest BCUT2D eigenvalue weighted by atomic mass is 10.0. The number of carbonyl (C=O) groups excluding carboxylic acids is 1. The second-order valence-corrected chi connectivity index (χ2v) is 10.3. The van der Waals surface area contributed by atoms with Crippen molar-refractivity contribution in [3.63, 3.8) is 0 Å². The summed E-state index contributed by atoms with van der Waals surface area (Å²) >= 11 is 0. The number of nitrogens with zero attached hydrogens (tertiary/aromatic N) is 2. The molecule has 0 aliphatic carbocycles. The number of benzene rings is 3. The molecule has 0 aromatic heterocycles. The largest absolute Gasteiger partial charge is 0.426 e. The number of nitro benzene ring substituents is 1. The molecule has 3 aromatic carbocycles. The van der Waals surface area contributed by atoms with Crippen molar-refractivity contribution in [1.29, 1.82) is 5.26 Å². The van der Waals surface area contributed by atoms with Gasteiger partial charge in [-0.2, -0.15) is 5.26 Å². The highest BCUT2D eigenvalue weighted by Crippen LogP contribution is 2.27. The zero-order valence-electron chi connectivity index (χ0n) is 17.1. The molecule has 33 heavy (non-hydrogen) atoms. The summed E-state index contributed by atoms with van der Waals surface area (Å²) < 4.78 is 41.0. The first-order valence-electron chi connectivity index (χ1n) is 9.26. The van der Waals surface area contributed by atoms with Crippen molar-refractivity contribution in [3.8, 4) is 22.9 Å². The van der Waals surface area contributed by atoms with E-state index in [1.165, 1.54) is 12.1 Å². The van der Waals surface area contributed by atoms with Crippen molar-refractivity contribution in [2.45, 2.75) is 9.79 Å². The summed E-state index contributed by atoms with van der Waals surface area (Å²) in [5, 5.41) is 20.2. The Morgan fingerprint density at radius 2 is 1.64 bits per heavy atom. The zero-order valence-corrected chi connectivity index (χ0v) is 18.8. The smallest absolute Gasteiger partial charge is 0.324 e. The van der Waals surface area contributed by atoms with Crippen LogP contribution < -0.4 is 4.74 Å². The van der Waals surface area contributed by atoms with E-state index in [4.69, 9.17) is 10.00 Å². The molecular formula is C22H16N2O7S2. The Morgan fingerprint density at radius 3 is 2.15 bits per heavy atom. The van der Waals surface area contributed by atoms with E-state index in [9.17, 15) is 27.5 Å². The fraction of sp³-hybridized carbons (Fsp3) is 0.0909. The van der Waals surface area contributed by atoms with Gasteiger partial charge in [0.05, 0.1) is 32.3 Å². The molecule has 0 aliphatic rings. The molecule has 0 amide bonds. The molecule has 1 atom stereocenters. The monoisotopic (exact) mass is 484 g/mol. The third kappa shape index (κ3) is 5.88. The van der Waals surface area contributed by atoms with Crippen LogP contribution in [0, 0.1) is 21.4 Å². The van der Waals surface area contributed by atoms with Gasteiger partial charge in [-0.1, -0.05) is 24.3 Å². The minimum Gasteiger partial charge on any atom is -0.426 e. The first-order chi connectivity index (χ1) is 15.6. The van der Waals surface area contributed by atoms with Crippen molar-refractivity contribution in [2.75, 3.05) is 12.0 Å². The van der Waals surface area contributed by atoms with Crippen molar-refractivity contribution in [2.24, 2.45) is 0 Å². The number of carbonyl (C=O) groups is 1. The van der Waals surface area contributed by atoms with Gasteiger partial charge in [-0.3, -0.25) is 19.1 Å². The van der Waals surface area contributed by atoms with E-state index in [2.05, 4.69) is 0 Å². The van der Waals surface area contributed by atoms with Gasteiger partial charge in [-0.15, -0.1) is 0 Å². The lowest BCUT2D eigenvalue weighted by Crippen LogP contribution is -2.17. The van der Waals surface area contributed by atoms with Gasteiger partial charge in [-0.05, 0) is 47.5 Å². The Hall–Kier alpha value is -3.88. The molecule has 0 fully saturated rings. The molecule has 11 heteroatoms. The van der Waals surface area contributed by atoms with E-state index in [1.807, 2.05) is 6.07 Å². The summed E-state index contributed by atoms with van der Waals surface area (Å²) in [6.45, 7) is 0. The summed E-state index contributed by atoms with van der Waals surface area (Å²) in [6, 6.07) is 18.4. The van der Waals surface area contributed by atoms with Gasteiger partial charge < -0.3 is 4.74 Å². The molecule has 0 aliphatic heterocycles. The van der Waals surface area contributed by atoms with Gasteiger partial charge in [0.25, 0.3) is 5.69 Å². The van der Waals surface area contributed by atoms with E-state index in [0.717, 1.165) is 35.6 Å². The maximum absolute atomic E-state index is 12.6. The Labute approximate surface area is 191 Å². The highest BCUT2D eigenvalue weighted by Gasteiger charge is 2.24. The van der Waals surface area contributed by atoms with Crippen LogP contribution in [0.25, 0.3) is 11.1 Å². The molecule has 3 rings (SSSR count). The van der Waals surface area contributed by atoms with Crippen LogP contribution in [0.15, 0.2) is 76.5 Å². The number of hydrogen-bond donors (Lipinski definition) is 0. The number of hydrogen-bond acceptors (Lipinski definition) is 8. The number of ether oxygens (including phenoxy) is 1. The van der Waals surface area contributed by atoms with Gasteiger partial charge in [-0.25, -0.2) is 8.42 Å². The Balaban J connectivity index is 1.71. The standard InChI is InChI=1S/C22H16N2O7S2/c1-33(29,30)19-10-11-21(20(12-19)24(26)27)32(28)14-22(25)31-18-8-6-17(7-9-18)16-4-2-15(13-23)3-5-16/h2-12H,14H2,1H3/t32-/m1/s1. The molecular weight excluding hydrogens is 468 g/mol. The van der Waals surface area contributed by atoms with Gasteiger partial charge in [0.1, 0.15) is 16.4 Å². The molecule has 3 aromatic rings. The van der Waals surface area contributed by atoms with Crippen molar-refractivity contribution < 1.29 is 27.1 Å². The van der Waals surface area contributed by atoms with E-state index < -0.39 is 43.0 Å². The quantitative estimate of drug-likeness (QED) is 0.215. The summed E-state index contributed by atoms with van der Waals surface area (Å²) in [6.07, 6.45) is 0.896. The van der Waals surface area contributed by atoms with E-state index in [0.29, 0.717) is 5.56 Å². The number of nitriles is 1. The molecule has 0 bridgehead atoms. The van der Waals surface area contributed by atoms with Crippen LogP contribution in [-0.4, -0.2) is 35.5 Å². The van der Waals surface area contributed by atoms with Crippen molar-refractivity contribution in [1.82, 2.24) is 0 Å². The minimum absolute atomic E-state index is 0.191. The second kappa shape index (κ2) is 9.72. The van der Waals surface area contributed by atoms with Crippen LogP contribution in [0.3, 0.4) is 0 Å². The van der Waals surface area contributed by atoms with Crippen LogP contribution in [0.2, 0.25) is 0 Å². The van der Waals surface area contributed by atoms with Gasteiger partial charge in [0.15, 0.2) is 9.84 Å². The second-order valence-electron chi connectivity index (χ2n) is 6.84. The molecule has 0 radical (unpaired) electrons. The van der Waals surface area contributed by atoms with Crippen LogP contribution in [-0.2, 0) is 25.4 Å². The Kier molecular flexibility index (Phi) is 7.01. The van der Waals surface area contributed by atoms with E-state index in [1.54, 1.807) is 36.4 Å². The molecule has 0 heterocycles.